The van der Waals surface area contributed by atoms with E-state index >= 15 is 4.39 Å². The molecule has 0 spiro atoms. The predicted molar refractivity (Wildman–Crippen MR) is 131 cm³/mol. The standard InChI is InChI=1S/C25H29F2N5O5/c1-28-23(33)9-4-14-10-21(37-13-36-3)16(12-17(14)26)18-6-8-22(30-29-18)31(2)20-11-15-5-7-19(24(20)27)32(15)25(34)35/h4,6,8-10,12,15,19-20,24H,5,7,11,13H2,1-3H3,(H,28,33)(H,34,35)/b9-4+/t15-,19+,20-,24+/m0/s1. The largest absolute Gasteiger partial charge is 0.467 e. The topological polar surface area (TPSA) is 117 Å². The minimum Gasteiger partial charge on any atom is -0.467 e. The second-order valence-corrected chi connectivity index (χ2v) is 8.99. The maximum Gasteiger partial charge on any atom is 0.407 e. The number of carbonyl (C=O) groups is 2. The van der Waals surface area contributed by atoms with Gasteiger partial charge in [-0.2, -0.15) is 0 Å². The van der Waals surface area contributed by atoms with Crippen molar-refractivity contribution in [2.24, 2.45) is 0 Å². The summed E-state index contributed by atoms with van der Waals surface area (Å²) in [6.45, 7) is -0.0965. The summed E-state index contributed by atoms with van der Waals surface area (Å²) >= 11 is 0. The number of anilines is 1. The molecular formula is C25H29F2N5O5. The van der Waals surface area contributed by atoms with Crippen molar-refractivity contribution >= 4 is 23.9 Å². The number of amides is 2. The number of rotatable bonds is 8. The Morgan fingerprint density at radius 3 is 2.73 bits per heavy atom. The molecule has 37 heavy (non-hydrogen) atoms. The van der Waals surface area contributed by atoms with E-state index in [1.54, 1.807) is 24.1 Å². The van der Waals surface area contributed by atoms with Crippen LogP contribution in [0.1, 0.15) is 24.8 Å². The number of carboxylic acid groups (broad SMARTS) is 1. The van der Waals surface area contributed by atoms with Crippen LogP contribution in [0.4, 0.5) is 19.4 Å². The molecule has 2 aliphatic rings. The lowest BCUT2D eigenvalue weighted by Crippen LogP contribution is -2.58. The SMILES string of the molecule is CNC(=O)/C=C/c1cc(OCOC)c(-c2ccc(N(C)[C@H]3C[C@@H]4CC[C@H]([C@H]3F)N4C(=O)O)nn2)cc1F. The van der Waals surface area contributed by atoms with Gasteiger partial charge in [0.2, 0.25) is 5.91 Å². The van der Waals surface area contributed by atoms with E-state index in [1.807, 2.05) is 0 Å². The first-order valence-corrected chi connectivity index (χ1v) is 11.8. The highest BCUT2D eigenvalue weighted by molar-refractivity contribution is 5.91. The highest BCUT2D eigenvalue weighted by atomic mass is 19.1. The van der Waals surface area contributed by atoms with Crippen LogP contribution < -0.4 is 15.0 Å². The molecule has 12 heteroatoms. The van der Waals surface area contributed by atoms with Crippen molar-refractivity contribution in [1.29, 1.82) is 0 Å². The molecular weight excluding hydrogens is 488 g/mol. The number of aromatic nitrogens is 2. The molecule has 4 rings (SSSR count). The molecule has 2 N–H and O–H groups in total. The first-order valence-electron chi connectivity index (χ1n) is 11.8. The van der Waals surface area contributed by atoms with Crippen molar-refractivity contribution in [1.82, 2.24) is 20.4 Å². The normalized spacial score (nSPS) is 22.8. The zero-order valence-corrected chi connectivity index (χ0v) is 20.7. The van der Waals surface area contributed by atoms with Crippen molar-refractivity contribution in [3.63, 3.8) is 0 Å². The Balaban J connectivity index is 1.58. The molecule has 0 saturated carbocycles. The number of carbonyl (C=O) groups excluding carboxylic acids is 1. The molecule has 2 bridgehead atoms. The van der Waals surface area contributed by atoms with Crippen LogP contribution in [0.25, 0.3) is 17.3 Å². The molecule has 2 saturated heterocycles. The fourth-order valence-electron chi connectivity index (χ4n) is 5.01. The smallest absolute Gasteiger partial charge is 0.407 e. The Labute approximate surface area is 212 Å². The molecule has 2 amide bonds. The predicted octanol–water partition coefficient (Wildman–Crippen LogP) is 3.08. The monoisotopic (exact) mass is 517 g/mol. The lowest BCUT2D eigenvalue weighted by Gasteiger charge is -2.43. The minimum absolute atomic E-state index is 0.0965. The summed E-state index contributed by atoms with van der Waals surface area (Å²) < 4.78 is 40.8. The number of hydrogen-bond acceptors (Lipinski definition) is 7. The fraction of sp³-hybridized carbons (Fsp3) is 0.440. The molecule has 198 valence electrons. The van der Waals surface area contributed by atoms with E-state index < -0.39 is 30.2 Å². The van der Waals surface area contributed by atoms with E-state index in [2.05, 4.69) is 15.5 Å². The second kappa shape index (κ2) is 11.1. The van der Waals surface area contributed by atoms with Crippen molar-refractivity contribution in [2.45, 2.75) is 43.6 Å². The molecule has 1 aromatic carbocycles. The van der Waals surface area contributed by atoms with Gasteiger partial charge in [0.05, 0.1) is 17.8 Å². The van der Waals surface area contributed by atoms with Crippen LogP contribution in [0, 0.1) is 5.82 Å². The molecule has 0 aliphatic carbocycles. The van der Waals surface area contributed by atoms with Gasteiger partial charge in [0.1, 0.15) is 17.7 Å². The van der Waals surface area contributed by atoms with Crippen LogP contribution in [0.15, 0.2) is 30.3 Å². The number of methoxy groups -OCH3 is 1. The van der Waals surface area contributed by atoms with Crippen LogP contribution in [0.5, 0.6) is 5.75 Å². The zero-order valence-electron chi connectivity index (χ0n) is 20.7. The molecule has 2 fully saturated rings. The third-order valence-corrected chi connectivity index (χ3v) is 6.89. The Morgan fingerprint density at radius 1 is 1.30 bits per heavy atom. The summed E-state index contributed by atoms with van der Waals surface area (Å²) in [5.74, 6) is -0.296. The number of nitrogens with one attached hydrogen (secondary N) is 1. The molecule has 0 unspecified atom stereocenters. The van der Waals surface area contributed by atoms with E-state index in [-0.39, 0.29) is 30.1 Å². The van der Waals surface area contributed by atoms with Gasteiger partial charge in [-0.1, -0.05) is 0 Å². The lowest BCUT2D eigenvalue weighted by atomic mass is 9.94. The Hall–Kier alpha value is -3.80. The van der Waals surface area contributed by atoms with E-state index in [9.17, 15) is 19.1 Å². The van der Waals surface area contributed by atoms with Gasteiger partial charge in [-0.05, 0) is 49.6 Å². The van der Waals surface area contributed by atoms with Gasteiger partial charge in [0, 0.05) is 44.4 Å². The third kappa shape index (κ3) is 5.33. The van der Waals surface area contributed by atoms with E-state index in [4.69, 9.17) is 9.47 Å². The number of piperidine rings is 1. The third-order valence-electron chi connectivity index (χ3n) is 6.89. The summed E-state index contributed by atoms with van der Waals surface area (Å²) in [6, 6.07) is 4.50. The number of hydrogen-bond donors (Lipinski definition) is 2. The first-order chi connectivity index (χ1) is 17.7. The summed E-state index contributed by atoms with van der Waals surface area (Å²) in [4.78, 5) is 26.0. The van der Waals surface area contributed by atoms with E-state index in [1.165, 1.54) is 43.3 Å². The Kier molecular flexibility index (Phi) is 7.86. The number of nitrogens with zero attached hydrogens (tertiary/aromatic N) is 4. The molecule has 3 heterocycles. The average Bonchev–Trinajstić information content (AvgIpc) is 3.25. The maximum absolute atomic E-state index is 15.3. The zero-order chi connectivity index (χ0) is 26.7. The van der Waals surface area contributed by atoms with Crippen molar-refractivity contribution in [3.05, 3.63) is 41.7 Å². The first kappa shape index (κ1) is 26.3. The molecule has 10 nitrogen and oxygen atoms in total. The van der Waals surface area contributed by atoms with Gasteiger partial charge < -0.3 is 24.8 Å². The lowest BCUT2D eigenvalue weighted by molar-refractivity contribution is -0.115. The highest BCUT2D eigenvalue weighted by Gasteiger charge is 2.51. The van der Waals surface area contributed by atoms with Gasteiger partial charge >= 0.3 is 6.09 Å². The number of ether oxygens (including phenoxy) is 2. The van der Waals surface area contributed by atoms with Crippen molar-refractivity contribution in [3.8, 4) is 17.0 Å². The quantitative estimate of drug-likeness (QED) is 0.405. The molecule has 4 atom stereocenters. The number of halogens is 2. The summed E-state index contributed by atoms with van der Waals surface area (Å²) in [7, 11) is 4.62. The van der Waals surface area contributed by atoms with Crippen LogP contribution in [0.2, 0.25) is 0 Å². The molecule has 1 aromatic heterocycles. The maximum atomic E-state index is 15.3. The minimum atomic E-state index is -1.36. The molecule has 2 aliphatic heterocycles. The van der Waals surface area contributed by atoms with Crippen molar-refractivity contribution < 1.29 is 33.0 Å². The fourth-order valence-corrected chi connectivity index (χ4v) is 5.01. The highest BCUT2D eigenvalue weighted by Crippen LogP contribution is 2.40. The summed E-state index contributed by atoms with van der Waals surface area (Å²) in [6.07, 6.45) is 1.57. The summed E-state index contributed by atoms with van der Waals surface area (Å²) in [5, 5.41) is 20.3. The van der Waals surface area contributed by atoms with Gasteiger partial charge in [-0.25, -0.2) is 13.6 Å². The van der Waals surface area contributed by atoms with Crippen LogP contribution >= 0.6 is 0 Å². The van der Waals surface area contributed by atoms with Gasteiger partial charge in [-0.3, -0.25) is 9.69 Å². The molecule has 0 radical (unpaired) electrons. The number of likely N-dealkylation sites (N-methyl/N-ethyl adjacent to an activating group) is 1. The Morgan fingerprint density at radius 2 is 2.08 bits per heavy atom. The number of benzene rings is 1. The van der Waals surface area contributed by atoms with Crippen LogP contribution in [0.3, 0.4) is 0 Å². The Bertz CT molecular complexity index is 1180. The number of alkyl halides is 1. The van der Waals surface area contributed by atoms with Crippen molar-refractivity contribution in [2.75, 3.05) is 32.9 Å². The van der Waals surface area contributed by atoms with Gasteiger partial charge in [-0.15, -0.1) is 10.2 Å². The average molecular weight is 518 g/mol. The van der Waals surface area contributed by atoms with Crippen LogP contribution in [-0.4, -0.2) is 84.5 Å². The summed E-state index contributed by atoms with van der Waals surface area (Å²) in [5.41, 5.74) is 0.783. The number of fused-ring (bicyclic) bond motifs is 2. The van der Waals surface area contributed by atoms with E-state index in [0.717, 1.165) is 0 Å². The van der Waals surface area contributed by atoms with Gasteiger partial charge in [0.15, 0.2) is 12.6 Å². The second-order valence-electron chi connectivity index (χ2n) is 8.99. The molecule has 2 aromatic rings. The van der Waals surface area contributed by atoms with Gasteiger partial charge in [0.25, 0.3) is 0 Å². The van der Waals surface area contributed by atoms with Crippen LogP contribution in [-0.2, 0) is 9.53 Å². The van der Waals surface area contributed by atoms with E-state index in [0.29, 0.717) is 36.3 Å².